The number of ketones is 1. The highest BCUT2D eigenvalue weighted by molar-refractivity contribution is 6.30. The number of benzene rings is 3. The van der Waals surface area contributed by atoms with Gasteiger partial charge in [-0.05, 0) is 42.3 Å². The lowest BCUT2D eigenvalue weighted by Gasteiger charge is -2.42. The SMILES string of the molecule is Cc1ccc(N2C(=O)c3ccccc3C3(C=CC(=O)c4ccccc43)C2=O)cc1. The van der Waals surface area contributed by atoms with Crippen LogP contribution in [0, 0.1) is 6.92 Å². The van der Waals surface area contributed by atoms with Crippen molar-refractivity contribution in [2.24, 2.45) is 0 Å². The van der Waals surface area contributed by atoms with Crippen molar-refractivity contribution in [2.45, 2.75) is 12.3 Å². The summed E-state index contributed by atoms with van der Waals surface area (Å²) in [5.41, 5.74) is 2.48. The molecular formula is C25H17NO3. The molecule has 0 bridgehead atoms. The number of fused-ring (bicyclic) bond motifs is 4. The lowest BCUT2D eigenvalue weighted by Crippen LogP contribution is -2.55. The first kappa shape index (κ1) is 17.3. The molecule has 0 N–H and O–H groups in total. The molecule has 1 spiro atoms. The first-order chi connectivity index (χ1) is 14.0. The summed E-state index contributed by atoms with van der Waals surface area (Å²) in [5.74, 6) is -0.876. The van der Waals surface area contributed by atoms with Gasteiger partial charge in [0.25, 0.3) is 11.8 Å². The van der Waals surface area contributed by atoms with E-state index in [1.165, 1.54) is 11.0 Å². The van der Waals surface area contributed by atoms with Gasteiger partial charge in [0, 0.05) is 11.1 Å². The van der Waals surface area contributed by atoms with E-state index in [9.17, 15) is 14.4 Å². The Hall–Kier alpha value is -3.79. The van der Waals surface area contributed by atoms with E-state index in [0.29, 0.717) is 27.9 Å². The van der Waals surface area contributed by atoms with Gasteiger partial charge >= 0.3 is 0 Å². The molecule has 0 aromatic heterocycles. The quantitative estimate of drug-likeness (QED) is 0.595. The minimum Gasteiger partial charge on any atom is -0.289 e. The maximum atomic E-state index is 14.0. The molecule has 0 fully saturated rings. The maximum Gasteiger partial charge on any atom is 0.265 e. The van der Waals surface area contributed by atoms with Gasteiger partial charge < -0.3 is 0 Å². The average Bonchev–Trinajstić information content (AvgIpc) is 2.75. The van der Waals surface area contributed by atoms with Crippen LogP contribution in [-0.4, -0.2) is 17.6 Å². The Balaban J connectivity index is 1.84. The average molecular weight is 379 g/mol. The highest BCUT2D eigenvalue weighted by Gasteiger charge is 2.53. The molecule has 1 heterocycles. The van der Waals surface area contributed by atoms with Crippen molar-refractivity contribution in [3.8, 4) is 0 Å². The summed E-state index contributed by atoms with van der Waals surface area (Å²) in [6.07, 6.45) is 3.09. The molecular weight excluding hydrogens is 362 g/mol. The molecule has 1 unspecified atom stereocenters. The van der Waals surface area contributed by atoms with E-state index in [2.05, 4.69) is 0 Å². The number of hydrogen-bond acceptors (Lipinski definition) is 3. The summed E-state index contributed by atoms with van der Waals surface area (Å²) in [6, 6.07) is 21.6. The van der Waals surface area contributed by atoms with Gasteiger partial charge in [0.05, 0.1) is 5.69 Å². The number of carbonyl (C=O) groups excluding carboxylic acids is 3. The molecule has 5 rings (SSSR count). The van der Waals surface area contributed by atoms with Gasteiger partial charge in [0.15, 0.2) is 5.78 Å². The fraction of sp³-hybridized carbons (Fsp3) is 0.0800. The molecule has 1 atom stereocenters. The maximum absolute atomic E-state index is 14.0. The molecule has 1 aliphatic carbocycles. The first-order valence-corrected chi connectivity index (χ1v) is 9.42. The summed E-state index contributed by atoms with van der Waals surface area (Å²) in [7, 11) is 0. The number of rotatable bonds is 1. The Morgan fingerprint density at radius 3 is 2.00 bits per heavy atom. The number of nitrogens with zero attached hydrogens (tertiary/aromatic N) is 1. The van der Waals surface area contributed by atoms with Crippen molar-refractivity contribution in [2.75, 3.05) is 4.90 Å². The second-order valence-corrected chi connectivity index (χ2v) is 7.38. The zero-order valence-electron chi connectivity index (χ0n) is 15.8. The molecule has 3 aromatic rings. The van der Waals surface area contributed by atoms with E-state index in [1.54, 1.807) is 54.6 Å². The van der Waals surface area contributed by atoms with Crippen LogP contribution in [0.3, 0.4) is 0 Å². The molecule has 0 saturated heterocycles. The molecule has 3 aromatic carbocycles. The van der Waals surface area contributed by atoms with Crippen molar-refractivity contribution in [1.82, 2.24) is 0 Å². The molecule has 0 radical (unpaired) electrons. The molecule has 4 heteroatoms. The van der Waals surface area contributed by atoms with Gasteiger partial charge in [-0.1, -0.05) is 66.2 Å². The zero-order valence-corrected chi connectivity index (χ0v) is 15.8. The third-order valence-electron chi connectivity index (χ3n) is 5.72. The van der Waals surface area contributed by atoms with Crippen LogP contribution in [0.15, 0.2) is 84.9 Å². The number of allylic oxidation sites excluding steroid dienone is 1. The van der Waals surface area contributed by atoms with Crippen molar-refractivity contribution >= 4 is 23.3 Å². The van der Waals surface area contributed by atoms with E-state index in [0.717, 1.165) is 5.56 Å². The van der Waals surface area contributed by atoms with Crippen LogP contribution in [0.1, 0.15) is 37.4 Å². The fourth-order valence-corrected chi connectivity index (χ4v) is 4.29. The number of anilines is 1. The summed E-state index contributed by atoms with van der Waals surface area (Å²) < 4.78 is 0. The lowest BCUT2D eigenvalue weighted by molar-refractivity contribution is -0.121. The molecule has 2 aliphatic rings. The van der Waals surface area contributed by atoms with E-state index in [1.807, 2.05) is 31.2 Å². The van der Waals surface area contributed by atoms with E-state index >= 15 is 0 Å². The van der Waals surface area contributed by atoms with E-state index in [4.69, 9.17) is 0 Å². The van der Waals surface area contributed by atoms with E-state index in [-0.39, 0.29) is 17.6 Å². The Labute approximate surface area is 168 Å². The van der Waals surface area contributed by atoms with Gasteiger partial charge in [0.2, 0.25) is 0 Å². The molecule has 0 saturated carbocycles. The van der Waals surface area contributed by atoms with E-state index < -0.39 is 5.41 Å². The molecule has 1 aliphatic heterocycles. The van der Waals surface area contributed by atoms with Gasteiger partial charge in [-0.25, -0.2) is 4.90 Å². The minimum absolute atomic E-state index is 0.143. The second kappa shape index (κ2) is 6.11. The number of amides is 2. The van der Waals surface area contributed by atoms with Crippen LogP contribution < -0.4 is 4.90 Å². The summed E-state index contributed by atoms with van der Waals surface area (Å²) in [5, 5.41) is 0. The molecule has 2 amide bonds. The van der Waals surface area contributed by atoms with Crippen LogP contribution in [-0.2, 0) is 10.2 Å². The van der Waals surface area contributed by atoms with Crippen LogP contribution in [0.25, 0.3) is 0 Å². The second-order valence-electron chi connectivity index (χ2n) is 7.38. The largest absolute Gasteiger partial charge is 0.289 e. The van der Waals surface area contributed by atoms with Crippen molar-refractivity contribution in [3.05, 3.63) is 113 Å². The third-order valence-corrected chi connectivity index (χ3v) is 5.72. The topological polar surface area (TPSA) is 54.5 Å². The normalized spacial score (nSPS) is 20.0. The molecule has 4 nitrogen and oxygen atoms in total. The summed E-state index contributed by atoms with van der Waals surface area (Å²) in [4.78, 5) is 41.0. The Bertz CT molecular complexity index is 1220. The third kappa shape index (κ3) is 2.29. The minimum atomic E-state index is -1.22. The van der Waals surface area contributed by atoms with Crippen LogP contribution in [0.4, 0.5) is 5.69 Å². The number of hydrogen-bond donors (Lipinski definition) is 0. The number of aryl methyl sites for hydroxylation is 1. The number of carbonyl (C=O) groups is 3. The standard InChI is InChI=1S/C25H17NO3/c1-16-10-12-17(13-11-16)26-23(28)19-7-3-5-9-21(19)25(24(26)29)15-14-22(27)18-6-2-4-8-20(18)25/h2-15H,1H3. The van der Waals surface area contributed by atoms with Crippen LogP contribution >= 0.6 is 0 Å². The highest BCUT2D eigenvalue weighted by Crippen LogP contribution is 2.46. The van der Waals surface area contributed by atoms with Crippen molar-refractivity contribution in [3.63, 3.8) is 0 Å². The van der Waals surface area contributed by atoms with Gasteiger partial charge in [-0.3, -0.25) is 14.4 Å². The molecule has 29 heavy (non-hydrogen) atoms. The summed E-state index contributed by atoms with van der Waals surface area (Å²) in [6.45, 7) is 1.95. The Kier molecular flexibility index (Phi) is 3.65. The zero-order chi connectivity index (χ0) is 20.2. The predicted octanol–water partition coefficient (Wildman–Crippen LogP) is 4.22. The highest BCUT2D eigenvalue weighted by atomic mass is 16.2. The summed E-state index contributed by atoms with van der Waals surface area (Å²) >= 11 is 0. The van der Waals surface area contributed by atoms with Crippen molar-refractivity contribution in [1.29, 1.82) is 0 Å². The van der Waals surface area contributed by atoms with Gasteiger partial charge in [-0.2, -0.15) is 0 Å². The van der Waals surface area contributed by atoms with Gasteiger partial charge in [0.1, 0.15) is 5.41 Å². The van der Waals surface area contributed by atoms with Crippen molar-refractivity contribution < 1.29 is 14.4 Å². The Morgan fingerprint density at radius 1 is 0.724 bits per heavy atom. The smallest absolute Gasteiger partial charge is 0.265 e. The predicted molar refractivity (Wildman–Crippen MR) is 110 cm³/mol. The lowest BCUT2D eigenvalue weighted by atomic mass is 9.65. The fourth-order valence-electron chi connectivity index (χ4n) is 4.29. The van der Waals surface area contributed by atoms with Gasteiger partial charge in [-0.15, -0.1) is 0 Å². The van der Waals surface area contributed by atoms with Crippen LogP contribution in [0.5, 0.6) is 0 Å². The molecule has 140 valence electrons. The number of imide groups is 1. The monoisotopic (exact) mass is 379 g/mol. The van der Waals surface area contributed by atoms with Crippen LogP contribution in [0.2, 0.25) is 0 Å². The first-order valence-electron chi connectivity index (χ1n) is 9.42. The Morgan fingerprint density at radius 2 is 1.31 bits per heavy atom.